The Morgan fingerprint density at radius 3 is 2.50 bits per heavy atom. The van der Waals surface area contributed by atoms with Crippen LogP contribution in [0, 0.1) is 0 Å². The van der Waals surface area contributed by atoms with Crippen molar-refractivity contribution in [3.63, 3.8) is 0 Å². The first kappa shape index (κ1) is 22.8. The highest BCUT2D eigenvalue weighted by Gasteiger charge is 2.34. The van der Waals surface area contributed by atoms with Crippen molar-refractivity contribution in [1.29, 1.82) is 0 Å². The van der Waals surface area contributed by atoms with Gasteiger partial charge < -0.3 is 14.6 Å². The van der Waals surface area contributed by atoms with Gasteiger partial charge in [-0.1, -0.05) is 12.1 Å². The molecule has 9 nitrogen and oxygen atoms in total. The van der Waals surface area contributed by atoms with Gasteiger partial charge in [0.15, 0.2) is 11.6 Å². The lowest BCUT2D eigenvalue weighted by atomic mass is 10.2. The number of halogens is 3. The molecular weight excluding hydrogens is 451 g/mol. The number of nitrogens with zero attached hydrogens (tertiary/aromatic N) is 6. The average molecular weight is 469 g/mol. The lowest BCUT2D eigenvalue weighted by Gasteiger charge is -2.11. The zero-order valence-electron chi connectivity index (χ0n) is 18.0. The molecule has 3 aromatic heterocycles. The van der Waals surface area contributed by atoms with E-state index in [1.54, 1.807) is 42.7 Å². The first-order chi connectivity index (χ1) is 16.2. The number of alkyl halides is 3. The number of carbonyl (C=O) groups is 1. The van der Waals surface area contributed by atoms with Crippen LogP contribution in [-0.4, -0.2) is 35.6 Å². The van der Waals surface area contributed by atoms with E-state index in [0.717, 1.165) is 12.4 Å². The molecule has 0 aliphatic heterocycles. The number of pyridine rings is 1. The summed E-state index contributed by atoms with van der Waals surface area (Å²) >= 11 is 0. The molecule has 3 heterocycles. The Kier molecular flexibility index (Phi) is 6.21. The Hall–Kier alpha value is -4.35. The van der Waals surface area contributed by atoms with E-state index < -0.39 is 17.9 Å². The molecule has 1 aromatic carbocycles. The van der Waals surface area contributed by atoms with Gasteiger partial charge in [0.25, 0.3) is 5.91 Å². The Morgan fingerprint density at radius 2 is 1.79 bits per heavy atom. The zero-order valence-corrected chi connectivity index (χ0v) is 18.0. The van der Waals surface area contributed by atoms with Gasteiger partial charge in [0.2, 0.25) is 5.82 Å². The third-order valence-electron chi connectivity index (χ3n) is 4.56. The summed E-state index contributed by atoms with van der Waals surface area (Å²) in [7, 11) is 0. The van der Waals surface area contributed by atoms with Crippen LogP contribution in [0.2, 0.25) is 0 Å². The van der Waals surface area contributed by atoms with E-state index in [1.807, 2.05) is 18.4 Å². The normalized spacial score (nSPS) is 11.5. The highest BCUT2D eigenvalue weighted by Crippen LogP contribution is 2.28. The molecule has 0 atom stereocenters. The molecule has 1 N–H and O–H groups in total. The second-order valence-electron chi connectivity index (χ2n) is 7.39. The molecule has 0 aliphatic rings. The number of carbonyl (C=O) groups excluding carboxylic acids is 1. The maximum atomic E-state index is 12.8. The lowest BCUT2D eigenvalue weighted by Crippen LogP contribution is -2.13. The van der Waals surface area contributed by atoms with Gasteiger partial charge in [0, 0.05) is 11.6 Å². The predicted octanol–water partition coefficient (Wildman–Crippen LogP) is 4.77. The van der Waals surface area contributed by atoms with E-state index in [9.17, 15) is 18.0 Å². The number of anilines is 1. The van der Waals surface area contributed by atoms with Crippen LogP contribution in [-0.2, 0) is 6.18 Å². The summed E-state index contributed by atoms with van der Waals surface area (Å²) < 4.78 is 45.2. The van der Waals surface area contributed by atoms with E-state index in [1.165, 1.54) is 6.07 Å². The minimum absolute atomic E-state index is 0.00538. The number of ether oxygens (including phenoxy) is 1. The number of hydrogen-bond acceptors (Lipinski definition) is 7. The molecule has 0 spiro atoms. The first-order valence-corrected chi connectivity index (χ1v) is 10.1. The predicted molar refractivity (Wildman–Crippen MR) is 115 cm³/mol. The van der Waals surface area contributed by atoms with Crippen LogP contribution in [0.1, 0.15) is 36.1 Å². The van der Waals surface area contributed by atoms with Gasteiger partial charge in [-0.3, -0.25) is 4.79 Å². The minimum atomic E-state index is -4.65. The monoisotopic (exact) mass is 469 g/mol. The van der Waals surface area contributed by atoms with Gasteiger partial charge in [-0.25, -0.2) is 15.0 Å². The first-order valence-electron chi connectivity index (χ1n) is 10.1. The fourth-order valence-corrected chi connectivity index (χ4v) is 2.97. The van der Waals surface area contributed by atoms with Gasteiger partial charge in [0.1, 0.15) is 23.6 Å². The van der Waals surface area contributed by atoms with Gasteiger partial charge in [-0.05, 0) is 44.2 Å². The second kappa shape index (κ2) is 9.25. The maximum absolute atomic E-state index is 12.8. The van der Waals surface area contributed by atoms with E-state index in [0.29, 0.717) is 17.3 Å². The molecule has 0 saturated heterocycles. The lowest BCUT2D eigenvalue weighted by molar-refractivity contribution is -0.145. The Bertz CT molecular complexity index is 1300. The van der Waals surface area contributed by atoms with Crippen molar-refractivity contribution in [2.24, 2.45) is 0 Å². The fourth-order valence-electron chi connectivity index (χ4n) is 2.97. The Morgan fingerprint density at radius 1 is 1.06 bits per heavy atom. The van der Waals surface area contributed by atoms with E-state index in [4.69, 9.17) is 4.74 Å². The number of rotatable bonds is 6. The molecule has 34 heavy (non-hydrogen) atoms. The summed E-state index contributed by atoms with van der Waals surface area (Å²) in [6.45, 7) is 3.98. The molecule has 0 unspecified atom stereocenters. The van der Waals surface area contributed by atoms with Crippen LogP contribution in [0.3, 0.4) is 0 Å². The highest BCUT2D eigenvalue weighted by molar-refractivity contribution is 6.04. The van der Waals surface area contributed by atoms with Crippen LogP contribution in [0.4, 0.5) is 19.0 Å². The van der Waals surface area contributed by atoms with Crippen molar-refractivity contribution in [3.8, 4) is 23.0 Å². The third-order valence-corrected chi connectivity index (χ3v) is 4.56. The molecule has 4 rings (SSSR count). The van der Waals surface area contributed by atoms with Gasteiger partial charge >= 0.3 is 6.18 Å². The molecule has 0 radical (unpaired) electrons. The van der Waals surface area contributed by atoms with Crippen molar-refractivity contribution in [1.82, 2.24) is 29.7 Å². The molecule has 0 fully saturated rings. The summed E-state index contributed by atoms with van der Waals surface area (Å²) in [5.74, 6) is -0.626. The molecule has 174 valence electrons. The van der Waals surface area contributed by atoms with Crippen molar-refractivity contribution in [2.75, 3.05) is 5.32 Å². The molecule has 0 aliphatic carbocycles. The van der Waals surface area contributed by atoms with Crippen LogP contribution in [0.25, 0.3) is 11.5 Å². The standard InChI is InChI=1S/C22H18F3N7O2/c1-13(2)32-12-28-31-19(32)17-7-4-8-18(29-17)30-20(33)14-5-3-6-15(9-14)34-16-10-26-21(27-11-16)22(23,24)25/h3-13H,1-2H3,(H,29,30,33). The molecule has 0 bridgehead atoms. The minimum Gasteiger partial charge on any atom is -0.454 e. The van der Waals surface area contributed by atoms with Gasteiger partial charge in [0.05, 0.1) is 12.4 Å². The smallest absolute Gasteiger partial charge is 0.451 e. The number of amides is 1. The summed E-state index contributed by atoms with van der Waals surface area (Å²) in [6, 6.07) is 11.4. The molecule has 0 saturated carbocycles. The fraction of sp³-hybridized carbons (Fsp3) is 0.182. The van der Waals surface area contributed by atoms with Crippen molar-refractivity contribution >= 4 is 11.7 Å². The number of benzene rings is 1. The average Bonchev–Trinajstić information content (AvgIpc) is 3.30. The van der Waals surface area contributed by atoms with Crippen LogP contribution >= 0.6 is 0 Å². The summed E-state index contributed by atoms with van der Waals surface area (Å²) in [5.41, 5.74) is 0.797. The van der Waals surface area contributed by atoms with Crippen LogP contribution < -0.4 is 10.1 Å². The topological polar surface area (TPSA) is 108 Å². The van der Waals surface area contributed by atoms with E-state index in [2.05, 4.69) is 30.5 Å². The molecule has 4 aromatic rings. The SMILES string of the molecule is CC(C)n1cnnc1-c1cccc(NC(=O)c2cccc(Oc3cnc(C(F)(F)F)nc3)c2)n1. The molecular formula is C22H18F3N7O2. The second-order valence-corrected chi connectivity index (χ2v) is 7.39. The van der Waals surface area contributed by atoms with Crippen molar-refractivity contribution < 1.29 is 22.7 Å². The van der Waals surface area contributed by atoms with Crippen molar-refractivity contribution in [2.45, 2.75) is 26.1 Å². The molecule has 1 amide bonds. The van der Waals surface area contributed by atoms with Crippen LogP contribution in [0.5, 0.6) is 11.5 Å². The Balaban J connectivity index is 1.48. The maximum Gasteiger partial charge on any atom is 0.451 e. The van der Waals surface area contributed by atoms with Crippen LogP contribution in [0.15, 0.2) is 61.2 Å². The third kappa shape index (κ3) is 5.17. The number of hydrogen-bond donors (Lipinski definition) is 1. The van der Waals surface area contributed by atoms with Gasteiger partial charge in [-0.15, -0.1) is 10.2 Å². The van der Waals surface area contributed by atoms with Crippen molar-refractivity contribution in [3.05, 3.63) is 72.6 Å². The number of aromatic nitrogens is 6. The van der Waals surface area contributed by atoms with E-state index in [-0.39, 0.29) is 23.1 Å². The summed E-state index contributed by atoms with van der Waals surface area (Å²) in [5, 5.41) is 10.7. The quantitative estimate of drug-likeness (QED) is 0.433. The highest BCUT2D eigenvalue weighted by atomic mass is 19.4. The van der Waals surface area contributed by atoms with E-state index >= 15 is 0 Å². The molecule has 12 heteroatoms. The Labute approximate surface area is 191 Å². The number of nitrogens with one attached hydrogen (secondary N) is 1. The largest absolute Gasteiger partial charge is 0.454 e. The van der Waals surface area contributed by atoms with Gasteiger partial charge in [-0.2, -0.15) is 13.2 Å². The zero-order chi connectivity index (χ0) is 24.3. The summed E-state index contributed by atoms with van der Waals surface area (Å²) in [6.07, 6.45) is -1.21. The summed E-state index contributed by atoms with van der Waals surface area (Å²) in [4.78, 5) is 23.7.